The lowest BCUT2D eigenvalue weighted by Gasteiger charge is -2.42. The Bertz CT molecular complexity index is 1200. The molecule has 0 unspecified atom stereocenters. The van der Waals surface area contributed by atoms with E-state index in [0.717, 1.165) is 24.5 Å². The van der Waals surface area contributed by atoms with Crippen LogP contribution in [-0.4, -0.2) is 60.3 Å². The third-order valence-corrected chi connectivity index (χ3v) is 8.44. The van der Waals surface area contributed by atoms with E-state index in [1.807, 2.05) is 18.7 Å². The molecule has 0 spiro atoms. The third-order valence-electron chi connectivity index (χ3n) is 8.44. The first kappa shape index (κ1) is 29.0. The van der Waals surface area contributed by atoms with Gasteiger partial charge >= 0.3 is 0 Å². The fourth-order valence-electron chi connectivity index (χ4n) is 6.21. The summed E-state index contributed by atoms with van der Waals surface area (Å²) in [7, 11) is 0. The Morgan fingerprint density at radius 1 is 1.07 bits per heavy atom. The number of ether oxygens (including phenoxy) is 1. The number of alkyl halides is 3. The van der Waals surface area contributed by atoms with E-state index in [0.29, 0.717) is 36.1 Å². The van der Waals surface area contributed by atoms with Gasteiger partial charge in [0.25, 0.3) is 5.92 Å². The third kappa shape index (κ3) is 6.51. The molecule has 218 valence electrons. The Morgan fingerprint density at radius 3 is 2.45 bits per heavy atom. The van der Waals surface area contributed by atoms with Gasteiger partial charge in [0.15, 0.2) is 0 Å². The number of hydrogen-bond acceptors (Lipinski definition) is 3. The Balaban J connectivity index is 1.33. The zero-order valence-electron chi connectivity index (χ0n) is 22.9. The number of halogens is 5. The second kappa shape index (κ2) is 11.8. The molecule has 2 aromatic carbocycles. The summed E-state index contributed by atoms with van der Waals surface area (Å²) >= 11 is 0. The van der Waals surface area contributed by atoms with Crippen molar-refractivity contribution in [1.82, 2.24) is 10.2 Å². The number of carbonyl (C=O) groups is 1. The molecule has 0 radical (unpaired) electrons. The van der Waals surface area contributed by atoms with Gasteiger partial charge < -0.3 is 10.1 Å². The van der Waals surface area contributed by atoms with Crippen molar-refractivity contribution in [3.8, 4) is 11.1 Å². The molecule has 0 aromatic heterocycles. The van der Waals surface area contributed by atoms with Crippen LogP contribution in [0.2, 0.25) is 0 Å². The minimum atomic E-state index is -3.19. The summed E-state index contributed by atoms with van der Waals surface area (Å²) in [5.74, 6) is -5.04. The highest BCUT2D eigenvalue weighted by atomic mass is 19.3. The number of piperidine rings is 1. The molecule has 1 amide bonds. The van der Waals surface area contributed by atoms with Gasteiger partial charge in [0.2, 0.25) is 5.91 Å². The van der Waals surface area contributed by atoms with Crippen LogP contribution in [0.1, 0.15) is 69.4 Å². The van der Waals surface area contributed by atoms with Gasteiger partial charge in [0.05, 0.1) is 18.6 Å². The maximum Gasteiger partial charge on any atom is 0.270 e. The number of likely N-dealkylation sites (tertiary alicyclic amines) is 1. The van der Waals surface area contributed by atoms with Gasteiger partial charge in [-0.1, -0.05) is 18.2 Å². The van der Waals surface area contributed by atoms with Crippen LogP contribution < -0.4 is 5.32 Å². The quantitative estimate of drug-likeness (QED) is 0.369. The van der Waals surface area contributed by atoms with E-state index in [9.17, 15) is 18.0 Å². The van der Waals surface area contributed by atoms with E-state index in [4.69, 9.17) is 4.74 Å². The van der Waals surface area contributed by atoms with Crippen LogP contribution in [0.4, 0.5) is 22.0 Å². The molecule has 1 saturated heterocycles. The lowest BCUT2D eigenvalue weighted by Crippen LogP contribution is -2.59. The first-order valence-electron chi connectivity index (χ1n) is 14.3. The van der Waals surface area contributed by atoms with E-state index >= 15 is 8.78 Å². The average Bonchev–Trinajstić information content (AvgIpc) is 3.71. The van der Waals surface area contributed by atoms with Crippen molar-refractivity contribution in [2.75, 3.05) is 13.1 Å². The lowest BCUT2D eigenvalue weighted by molar-refractivity contribution is -0.166. The minimum Gasteiger partial charge on any atom is -0.369 e. The molecule has 2 aromatic rings. The monoisotopic (exact) mass is 564 g/mol. The van der Waals surface area contributed by atoms with Crippen molar-refractivity contribution in [2.24, 2.45) is 0 Å². The molecule has 0 bridgehead atoms. The molecule has 3 fully saturated rings. The summed E-state index contributed by atoms with van der Waals surface area (Å²) in [6, 6.07) is 7.16. The van der Waals surface area contributed by atoms with Crippen LogP contribution in [0.15, 0.2) is 36.4 Å². The molecule has 1 N–H and O–H groups in total. The molecule has 4 atom stereocenters. The van der Waals surface area contributed by atoms with Gasteiger partial charge in [-0.25, -0.2) is 22.0 Å². The zero-order chi connectivity index (χ0) is 28.6. The summed E-state index contributed by atoms with van der Waals surface area (Å²) in [4.78, 5) is 15.2. The molecular formula is C31H37F5N2O2. The molecule has 9 heteroatoms. The summed E-state index contributed by atoms with van der Waals surface area (Å²) in [5.41, 5.74) is 2.47. The first-order chi connectivity index (χ1) is 19.0. The molecular weight excluding hydrogens is 527 g/mol. The van der Waals surface area contributed by atoms with E-state index < -0.39 is 47.9 Å². The summed E-state index contributed by atoms with van der Waals surface area (Å²) in [6.07, 6.45) is -0.925. The molecule has 40 heavy (non-hydrogen) atoms. The van der Waals surface area contributed by atoms with E-state index in [1.165, 1.54) is 12.1 Å². The molecule has 3 aliphatic rings. The molecule has 2 saturated carbocycles. The smallest absolute Gasteiger partial charge is 0.270 e. The summed E-state index contributed by atoms with van der Waals surface area (Å²) in [5, 5.41) is 2.54. The Morgan fingerprint density at radius 2 is 1.80 bits per heavy atom. The van der Waals surface area contributed by atoms with Crippen molar-refractivity contribution in [3.05, 3.63) is 59.2 Å². The average molecular weight is 565 g/mol. The topological polar surface area (TPSA) is 41.6 Å². The van der Waals surface area contributed by atoms with Gasteiger partial charge in [-0.05, 0) is 86.3 Å². The molecule has 2 aliphatic carbocycles. The van der Waals surface area contributed by atoms with Gasteiger partial charge in [0, 0.05) is 31.6 Å². The number of carbonyl (C=O) groups excluding carboxylic acids is 1. The van der Waals surface area contributed by atoms with Crippen molar-refractivity contribution >= 4 is 5.91 Å². The van der Waals surface area contributed by atoms with E-state index in [-0.39, 0.29) is 37.8 Å². The molecule has 4 nitrogen and oxygen atoms in total. The number of rotatable bonds is 8. The van der Waals surface area contributed by atoms with Crippen LogP contribution >= 0.6 is 0 Å². The van der Waals surface area contributed by atoms with Gasteiger partial charge in [0.1, 0.15) is 23.8 Å². The highest BCUT2D eigenvalue weighted by Crippen LogP contribution is 2.46. The predicted octanol–water partition coefficient (Wildman–Crippen LogP) is 6.56. The maximum absolute atomic E-state index is 15.1. The van der Waals surface area contributed by atoms with Gasteiger partial charge in [-0.3, -0.25) is 9.69 Å². The highest BCUT2D eigenvalue weighted by molar-refractivity contribution is 5.81. The number of benzene rings is 2. The fraction of sp³-hybridized carbons (Fsp3) is 0.581. The second-order valence-corrected chi connectivity index (χ2v) is 11.8. The highest BCUT2D eigenvalue weighted by Gasteiger charge is 2.50. The fourth-order valence-corrected chi connectivity index (χ4v) is 6.21. The predicted molar refractivity (Wildman–Crippen MR) is 143 cm³/mol. The summed E-state index contributed by atoms with van der Waals surface area (Å²) in [6.45, 7) is 4.79. The first-order valence-corrected chi connectivity index (χ1v) is 14.3. The largest absolute Gasteiger partial charge is 0.369 e. The van der Waals surface area contributed by atoms with Crippen molar-refractivity contribution in [3.63, 3.8) is 0 Å². The van der Waals surface area contributed by atoms with Crippen molar-refractivity contribution in [2.45, 2.75) is 101 Å². The van der Waals surface area contributed by atoms with Gasteiger partial charge in [-0.2, -0.15) is 0 Å². The van der Waals surface area contributed by atoms with Crippen LogP contribution in [0, 0.1) is 11.6 Å². The lowest BCUT2D eigenvalue weighted by atomic mass is 9.87. The van der Waals surface area contributed by atoms with Crippen molar-refractivity contribution < 1.29 is 31.5 Å². The maximum atomic E-state index is 15.1. The molecule has 1 aliphatic heterocycles. The summed E-state index contributed by atoms with van der Waals surface area (Å²) < 4.78 is 79.2. The van der Waals surface area contributed by atoms with E-state index in [1.54, 1.807) is 18.2 Å². The minimum absolute atomic E-state index is 0.135. The number of amides is 1. The SMILES string of the molecule is CC(C)N1CC[C@@H](O[C@H]2CCCC(F)(F)[C@@H]2NC(=O)Cc2cccc(-c3cc(F)cc(F)c3)c2C2CC2)[C@@H](F)C1. The van der Waals surface area contributed by atoms with Crippen LogP contribution in [0.3, 0.4) is 0 Å². The second-order valence-electron chi connectivity index (χ2n) is 11.8. The Labute approximate surface area is 232 Å². The molecule has 1 heterocycles. The van der Waals surface area contributed by atoms with Crippen LogP contribution in [0.25, 0.3) is 11.1 Å². The van der Waals surface area contributed by atoms with Gasteiger partial charge in [-0.15, -0.1) is 0 Å². The van der Waals surface area contributed by atoms with Crippen LogP contribution in [-0.2, 0) is 16.0 Å². The zero-order valence-corrected chi connectivity index (χ0v) is 22.9. The number of nitrogens with zero attached hydrogens (tertiary/aromatic N) is 1. The van der Waals surface area contributed by atoms with Crippen LogP contribution in [0.5, 0.6) is 0 Å². The Kier molecular flexibility index (Phi) is 8.53. The molecule has 5 rings (SSSR count). The van der Waals surface area contributed by atoms with Crippen molar-refractivity contribution in [1.29, 1.82) is 0 Å². The van der Waals surface area contributed by atoms with E-state index in [2.05, 4.69) is 5.32 Å². The number of hydrogen-bond donors (Lipinski definition) is 1. The Hall–Kier alpha value is -2.52. The normalized spacial score (nSPS) is 27.1. The standard InChI is InChI=1S/C31H37F5N2O2/c1-18(2)38-12-10-26(25(34)17-38)40-27-7-4-11-31(35,36)30(27)37-28(39)15-20-5-3-6-24(29(20)19-8-9-19)21-13-22(32)16-23(33)14-21/h3,5-6,13-14,16,18-19,25-27,30H,4,7-12,15,17H2,1-2H3,(H,37,39)/t25-,26+,27-,30+/m0/s1. The number of nitrogens with one attached hydrogen (secondary N) is 1.